The molecule has 2 aromatic rings. The number of aryl methyl sites for hydroxylation is 2. The normalized spacial score (nSPS) is 11.7. The number of hydrogen-bond donors (Lipinski definition) is 1. The summed E-state index contributed by atoms with van der Waals surface area (Å²) in [7, 11) is 2.76. The summed E-state index contributed by atoms with van der Waals surface area (Å²) in [6.07, 6.45) is -3.16. The van der Waals surface area contributed by atoms with Crippen LogP contribution < -0.4 is 5.32 Å². The summed E-state index contributed by atoms with van der Waals surface area (Å²) in [5.74, 6) is -0.724. The maximum Gasteiger partial charge on any atom is 0.433 e. The molecule has 2 aromatic heterocycles. The molecule has 114 valence electrons. The topological polar surface area (TPSA) is 64.7 Å². The minimum Gasteiger partial charge on any atom is -0.345 e. The van der Waals surface area contributed by atoms with Crippen LogP contribution in [0.1, 0.15) is 21.9 Å². The van der Waals surface area contributed by atoms with Crippen molar-refractivity contribution in [2.45, 2.75) is 12.7 Å². The molecule has 10 heteroatoms. The number of aromatic nitrogens is 4. The third-order valence-electron chi connectivity index (χ3n) is 2.83. The second kappa shape index (κ2) is 5.40. The molecule has 0 aliphatic carbocycles. The molecule has 1 N–H and O–H groups in total. The molecule has 2 rings (SSSR count). The fourth-order valence-electron chi connectivity index (χ4n) is 1.73. The fraction of sp³-hybridized carbons (Fsp3) is 0.364. The molecule has 0 saturated heterocycles. The van der Waals surface area contributed by atoms with Crippen molar-refractivity contribution in [1.82, 2.24) is 24.9 Å². The largest absolute Gasteiger partial charge is 0.433 e. The van der Waals surface area contributed by atoms with Gasteiger partial charge in [0.05, 0.1) is 23.5 Å². The van der Waals surface area contributed by atoms with E-state index in [9.17, 15) is 18.0 Å². The number of carbonyl (C=O) groups excluding carboxylic acids is 1. The predicted octanol–water partition coefficient (Wildman–Crippen LogP) is 1.76. The number of amides is 1. The van der Waals surface area contributed by atoms with Gasteiger partial charge in [-0.1, -0.05) is 11.6 Å². The number of halogens is 4. The zero-order valence-corrected chi connectivity index (χ0v) is 11.8. The Labute approximate surface area is 122 Å². The molecule has 0 spiro atoms. The van der Waals surface area contributed by atoms with Crippen LogP contribution in [0.4, 0.5) is 13.2 Å². The highest BCUT2D eigenvalue weighted by atomic mass is 35.5. The van der Waals surface area contributed by atoms with E-state index >= 15 is 0 Å². The number of carbonyl (C=O) groups is 1. The zero-order chi connectivity index (χ0) is 15.8. The SMILES string of the molecule is Cn1nc(C(=O)NCc2c(Cl)cnn2C)cc1C(F)(F)F. The summed E-state index contributed by atoms with van der Waals surface area (Å²) in [6, 6.07) is 0.695. The van der Waals surface area contributed by atoms with Crippen LogP contribution in [0.3, 0.4) is 0 Å². The van der Waals surface area contributed by atoms with Crippen molar-refractivity contribution < 1.29 is 18.0 Å². The van der Waals surface area contributed by atoms with E-state index in [1.165, 1.54) is 10.9 Å². The Bertz CT molecular complexity index is 656. The summed E-state index contributed by atoms with van der Waals surface area (Å²) in [4.78, 5) is 11.8. The van der Waals surface area contributed by atoms with Crippen LogP contribution in [0.25, 0.3) is 0 Å². The molecule has 0 aliphatic rings. The Kier molecular flexibility index (Phi) is 3.95. The minimum atomic E-state index is -4.56. The molecule has 6 nitrogen and oxygen atoms in total. The predicted molar refractivity (Wildman–Crippen MR) is 67.6 cm³/mol. The highest BCUT2D eigenvalue weighted by molar-refractivity contribution is 6.31. The Morgan fingerprint density at radius 2 is 2.05 bits per heavy atom. The highest BCUT2D eigenvalue weighted by Crippen LogP contribution is 2.29. The van der Waals surface area contributed by atoms with Gasteiger partial charge in [-0.15, -0.1) is 0 Å². The average Bonchev–Trinajstić information content (AvgIpc) is 2.91. The zero-order valence-electron chi connectivity index (χ0n) is 11.1. The van der Waals surface area contributed by atoms with Gasteiger partial charge in [-0.05, 0) is 0 Å². The lowest BCUT2D eigenvalue weighted by atomic mass is 10.3. The molecular weight excluding hydrogens is 311 g/mol. The first-order chi connectivity index (χ1) is 9.70. The summed E-state index contributed by atoms with van der Waals surface area (Å²) < 4.78 is 39.9. The van der Waals surface area contributed by atoms with Gasteiger partial charge >= 0.3 is 6.18 Å². The first kappa shape index (κ1) is 15.4. The average molecular weight is 322 g/mol. The molecule has 0 aromatic carbocycles. The van der Waals surface area contributed by atoms with E-state index < -0.39 is 17.8 Å². The first-order valence-electron chi connectivity index (χ1n) is 5.76. The van der Waals surface area contributed by atoms with Gasteiger partial charge in [0.15, 0.2) is 5.69 Å². The van der Waals surface area contributed by atoms with E-state index in [1.807, 2.05) is 0 Å². The summed E-state index contributed by atoms with van der Waals surface area (Å²) in [5, 5.41) is 10.2. The molecule has 0 saturated carbocycles. The van der Waals surface area contributed by atoms with E-state index in [-0.39, 0.29) is 12.2 Å². The van der Waals surface area contributed by atoms with Crippen LogP contribution >= 0.6 is 11.6 Å². The standard InChI is InChI=1S/C11H11ClF3N5O/c1-19-8(6(12)4-17-19)5-16-10(21)7-3-9(11(13,14)15)20(2)18-7/h3-4H,5H2,1-2H3,(H,16,21). The lowest BCUT2D eigenvalue weighted by molar-refractivity contribution is -0.143. The number of nitrogens with one attached hydrogen (secondary N) is 1. The van der Waals surface area contributed by atoms with Crippen LogP contribution in [0.2, 0.25) is 5.02 Å². The lowest BCUT2D eigenvalue weighted by Crippen LogP contribution is -2.24. The van der Waals surface area contributed by atoms with Crippen LogP contribution in [0.5, 0.6) is 0 Å². The van der Waals surface area contributed by atoms with E-state index in [0.29, 0.717) is 21.5 Å². The number of alkyl halides is 3. The van der Waals surface area contributed by atoms with E-state index in [2.05, 4.69) is 15.5 Å². The van der Waals surface area contributed by atoms with Gasteiger partial charge in [0, 0.05) is 20.2 Å². The molecular formula is C11H11ClF3N5O. The first-order valence-corrected chi connectivity index (χ1v) is 6.13. The Morgan fingerprint density at radius 3 is 2.52 bits per heavy atom. The molecule has 21 heavy (non-hydrogen) atoms. The smallest absolute Gasteiger partial charge is 0.345 e. The number of rotatable bonds is 3. The van der Waals surface area contributed by atoms with Crippen molar-refractivity contribution in [3.8, 4) is 0 Å². The number of hydrogen-bond acceptors (Lipinski definition) is 3. The van der Waals surface area contributed by atoms with E-state index in [4.69, 9.17) is 11.6 Å². The van der Waals surface area contributed by atoms with Gasteiger partial charge in [0.1, 0.15) is 5.69 Å². The van der Waals surface area contributed by atoms with Gasteiger partial charge in [-0.2, -0.15) is 23.4 Å². The van der Waals surface area contributed by atoms with Crippen molar-refractivity contribution in [3.63, 3.8) is 0 Å². The maximum atomic E-state index is 12.6. The molecule has 0 unspecified atom stereocenters. The minimum absolute atomic E-state index is 0.0338. The summed E-state index contributed by atoms with van der Waals surface area (Å²) >= 11 is 5.86. The van der Waals surface area contributed by atoms with Gasteiger partial charge in [0.2, 0.25) is 0 Å². The van der Waals surface area contributed by atoms with Crippen molar-refractivity contribution in [2.24, 2.45) is 14.1 Å². The van der Waals surface area contributed by atoms with Crippen LogP contribution in [0.15, 0.2) is 12.3 Å². The third-order valence-corrected chi connectivity index (χ3v) is 3.15. The van der Waals surface area contributed by atoms with Crippen molar-refractivity contribution in [3.05, 3.63) is 34.4 Å². The fourth-order valence-corrected chi connectivity index (χ4v) is 1.97. The molecule has 2 heterocycles. The van der Waals surface area contributed by atoms with Gasteiger partial charge < -0.3 is 5.32 Å². The maximum absolute atomic E-state index is 12.6. The summed E-state index contributed by atoms with van der Waals surface area (Å²) in [5.41, 5.74) is -0.772. The Hall–Kier alpha value is -2.03. The molecule has 0 fully saturated rings. The van der Waals surface area contributed by atoms with Crippen LogP contribution in [-0.4, -0.2) is 25.5 Å². The molecule has 0 bridgehead atoms. The molecule has 1 amide bonds. The van der Waals surface area contributed by atoms with Crippen LogP contribution in [-0.2, 0) is 26.8 Å². The van der Waals surface area contributed by atoms with E-state index in [0.717, 1.165) is 7.05 Å². The second-order valence-electron chi connectivity index (χ2n) is 4.28. The van der Waals surface area contributed by atoms with Crippen molar-refractivity contribution in [2.75, 3.05) is 0 Å². The van der Waals surface area contributed by atoms with Crippen molar-refractivity contribution in [1.29, 1.82) is 0 Å². The lowest BCUT2D eigenvalue weighted by Gasteiger charge is -2.04. The molecule has 0 aliphatic heterocycles. The third kappa shape index (κ3) is 3.18. The monoisotopic (exact) mass is 321 g/mol. The van der Waals surface area contributed by atoms with Gasteiger partial charge in [0.25, 0.3) is 5.91 Å². The quantitative estimate of drug-likeness (QED) is 0.937. The van der Waals surface area contributed by atoms with Crippen LogP contribution in [0, 0.1) is 0 Å². The van der Waals surface area contributed by atoms with E-state index in [1.54, 1.807) is 7.05 Å². The van der Waals surface area contributed by atoms with Crippen molar-refractivity contribution >= 4 is 17.5 Å². The Morgan fingerprint density at radius 1 is 1.38 bits per heavy atom. The van der Waals surface area contributed by atoms with Gasteiger partial charge in [-0.25, -0.2) is 0 Å². The van der Waals surface area contributed by atoms with Gasteiger partial charge in [-0.3, -0.25) is 14.2 Å². The number of nitrogens with zero attached hydrogens (tertiary/aromatic N) is 4. The molecule has 0 radical (unpaired) electrons. The second-order valence-corrected chi connectivity index (χ2v) is 4.69. The molecule has 0 atom stereocenters. The Balaban J connectivity index is 2.11. The summed E-state index contributed by atoms with van der Waals surface area (Å²) in [6.45, 7) is 0.0338. The highest BCUT2D eigenvalue weighted by Gasteiger charge is 2.35.